The number of hydrogen-bond donors (Lipinski definition) is 3. The third-order valence-electron chi connectivity index (χ3n) is 4.58. The summed E-state index contributed by atoms with van der Waals surface area (Å²) in [7, 11) is 3.84. The largest absolute Gasteiger partial charge is 0.507 e. The van der Waals surface area contributed by atoms with E-state index in [0.717, 1.165) is 0 Å². The lowest BCUT2D eigenvalue weighted by Gasteiger charge is -2.22. The third kappa shape index (κ3) is 6.36. The molecule has 0 spiro atoms. The van der Waals surface area contributed by atoms with Crippen LogP contribution in [0.5, 0.6) is 5.75 Å². The van der Waals surface area contributed by atoms with Crippen molar-refractivity contribution in [1.29, 1.82) is 0 Å². The van der Waals surface area contributed by atoms with E-state index in [9.17, 15) is 14.7 Å². The molecule has 0 aliphatic carbocycles. The number of halogens is 2. The van der Waals surface area contributed by atoms with Gasteiger partial charge in [0, 0.05) is 24.2 Å². The van der Waals surface area contributed by atoms with E-state index in [-0.39, 0.29) is 17.6 Å². The van der Waals surface area contributed by atoms with Gasteiger partial charge in [0.05, 0.1) is 10.0 Å². The first-order valence-electron chi connectivity index (χ1n) is 9.62. The molecule has 6 nitrogen and oxygen atoms in total. The Morgan fingerprint density at radius 1 is 1.07 bits per heavy atom. The molecule has 2 amide bonds. The van der Waals surface area contributed by atoms with Crippen LogP contribution in [0.25, 0.3) is 11.1 Å². The molecule has 8 heteroatoms. The van der Waals surface area contributed by atoms with Crippen LogP contribution in [0.1, 0.15) is 24.2 Å². The van der Waals surface area contributed by atoms with Crippen molar-refractivity contribution in [2.45, 2.75) is 19.9 Å². The highest BCUT2D eigenvalue weighted by atomic mass is 35.5. The van der Waals surface area contributed by atoms with Crippen molar-refractivity contribution in [1.82, 2.24) is 15.5 Å². The molecule has 30 heavy (non-hydrogen) atoms. The van der Waals surface area contributed by atoms with E-state index in [1.165, 1.54) is 12.1 Å². The number of aromatic hydroxyl groups is 1. The van der Waals surface area contributed by atoms with Crippen molar-refractivity contribution in [3.8, 4) is 16.9 Å². The summed E-state index contributed by atoms with van der Waals surface area (Å²) < 4.78 is 0. The van der Waals surface area contributed by atoms with Crippen LogP contribution in [-0.2, 0) is 4.79 Å². The van der Waals surface area contributed by atoms with Crippen LogP contribution in [0, 0.1) is 5.92 Å². The van der Waals surface area contributed by atoms with E-state index in [1.807, 2.05) is 32.8 Å². The monoisotopic (exact) mass is 451 g/mol. The molecule has 0 fully saturated rings. The van der Waals surface area contributed by atoms with E-state index < -0.39 is 11.9 Å². The number of nitrogens with one attached hydrogen (secondary N) is 2. The standard InChI is InChI=1S/C22H27Cl2N3O3/c1-13(2)20(22(30)25-9-10-27(3)4)26-21(29)15-6-8-19(28)16(11-15)14-5-7-17(23)18(24)12-14/h5-8,11-13,20,28H,9-10H2,1-4H3,(H,25,30)(H,26,29)/t20-/m0/s1. The molecule has 0 saturated heterocycles. The van der Waals surface area contributed by atoms with E-state index >= 15 is 0 Å². The first-order chi connectivity index (χ1) is 14.1. The fourth-order valence-electron chi connectivity index (χ4n) is 2.84. The van der Waals surface area contributed by atoms with E-state index in [0.29, 0.717) is 39.8 Å². The Bertz CT molecular complexity index is 916. The minimum absolute atomic E-state index is 0.00628. The predicted molar refractivity (Wildman–Crippen MR) is 121 cm³/mol. The molecule has 2 aromatic carbocycles. The Hall–Kier alpha value is -2.28. The van der Waals surface area contributed by atoms with Crippen molar-refractivity contribution in [3.05, 3.63) is 52.0 Å². The summed E-state index contributed by atoms with van der Waals surface area (Å²) in [5.74, 6) is -0.729. The number of amides is 2. The molecular weight excluding hydrogens is 425 g/mol. The van der Waals surface area contributed by atoms with Gasteiger partial charge in [0.2, 0.25) is 5.91 Å². The summed E-state index contributed by atoms with van der Waals surface area (Å²) in [5, 5.41) is 16.6. The lowest BCUT2D eigenvalue weighted by atomic mass is 10.00. The Morgan fingerprint density at radius 2 is 1.77 bits per heavy atom. The Morgan fingerprint density at radius 3 is 2.37 bits per heavy atom. The predicted octanol–water partition coefficient (Wildman–Crippen LogP) is 3.80. The summed E-state index contributed by atoms with van der Waals surface area (Å²) in [4.78, 5) is 27.3. The Labute approximate surface area is 187 Å². The SMILES string of the molecule is CC(C)[C@H](NC(=O)c1ccc(O)c(-c2ccc(Cl)c(Cl)c2)c1)C(=O)NCCN(C)C. The Kier molecular flexibility index (Phi) is 8.53. The van der Waals surface area contributed by atoms with Crippen LogP contribution >= 0.6 is 23.2 Å². The zero-order chi connectivity index (χ0) is 22.4. The van der Waals surface area contributed by atoms with E-state index in [1.54, 1.807) is 24.3 Å². The number of carbonyl (C=O) groups is 2. The zero-order valence-electron chi connectivity index (χ0n) is 17.5. The maximum Gasteiger partial charge on any atom is 0.251 e. The second kappa shape index (κ2) is 10.7. The fraction of sp³-hybridized carbons (Fsp3) is 0.364. The van der Waals surface area contributed by atoms with Gasteiger partial charge >= 0.3 is 0 Å². The number of phenolic OH excluding ortho intramolecular Hbond substituents is 1. The molecule has 0 heterocycles. The van der Waals surface area contributed by atoms with Crippen LogP contribution in [0.3, 0.4) is 0 Å². The van der Waals surface area contributed by atoms with Crippen LogP contribution in [0.4, 0.5) is 0 Å². The molecule has 162 valence electrons. The number of hydrogen-bond acceptors (Lipinski definition) is 4. The first-order valence-corrected chi connectivity index (χ1v) is 10.4. The molecule has 0 aliphatic rings. The van der Waals surface area contributed by atoms with Crippen molar-refractivity contribution in [2.75, 3.05) is 27.2 Å². The van der Waals surface area contributed by atoms with E-state index in [4.69, 9.17) is 23.2 Å². The highest BCUT2D eigenvalue weighted by Gasteiger charge is 2.25. The van der Waals surface area contributed by atoms with Crippen LogP contribution in [-0.4, -0.2) is 55.0 Å². The molecule has 0 aromatic heterocycles. The summed E-state index contributed by atoms with van der Waals surface area (Å²) >= 11 is 12.0. The smallest absolute Gasteiger partial charge is 0.251 e. The summed E-state index contributed by atoms with van der Waals surface area (Å²) in [6.07, 6.45) is 0. The molecular formula is C22H27Cl2N3O3. The lowest BCUT2D eigenvalue weighted by molar-refractivity contribution is -0.123. The number of likely N-dealkylation sites (N-methyl/N-ethyl adjacent to an activating group) is 1. The van der Waals surface area contributed by atoms with Gasteiger partial charge in [0.25, 0.3) is 5.91 Å². The average Bonchev–Trinajstić information content (AvgIpc) is 2.67. The second-order valence-electron chi connectivity index (χ2n) is 7.65. The van der Waals surface area contributed by atoms with Gasteiger partial charge in [0.1, 0.15) is 11.8 Å². The number of carbonyl (C=O) groups excluding carboxylic acids is 2. The fourth-order valence-corrected chi connectivity index (χ4v) is 3.14. The van der Waals surface area contributed by atoms with Gasteiger partial charge in [-0.25, -0.2) is 0 Å². The molecule has 1 atom stereocenters. The van der Waals surface area contributed by atoms with Crippen molar-refractivity contribution < 1.29 is 14.7 Å². The van der Waals surface area contributed by atoms with Crippen molar-refractivity contribution >= 4 is 35.0 Å². The molecule has 0 saturated carbocycles. The minimum Gasteiger partial charge on any atom is -0.507 e. The second-order valence-corrected chi connectivity index (χ2v) is 8.46. The molecule has 0 radical (unpaired) electrons. The maximum absolute atomic E-state index is 12.8. The summed E-state index contributed by atoms with van der Waals surface area (Å²) in [5.41, 5.74) is 1.39. The normalized spacial score (nSPS) is 12.1. The minimum atomic E-state index is -0.679. The van der Waals surface area contributed by atoms with Gasteiger partial charge in [-0.2, -0.15) is 0 Å². The quantitative estimate of drug-likeness (QED) is 0.569. The van der Waals surface area contributed by atoms with Gasteiger partial charge < -0.3 is 20.6 Å². The summed E-state index contributed by atoms with van der Waals surface area (Å²) in [6, 6.07) is 8.78. The molecule has 3 N–H and O–H groups in total. The van der Waals surface area contributed by atoms with Crippen LogP contribution in [0.2, 0.25) is 10.0 Å². The van der Waals surface area contributed by atoms with Gasteiger partial charge in [0.15, 0.2) is 0 Å². The molecule has 2 aromatic rings. The number of nitrogens with zero attached hydrogens (tertiary/aromatic N) is 1. The van der Waals surface area contributed by atoms with Gasteiger partial charge in [-0.15, -0.1) is 0 Å². The molecule has 2 rings (SSSR count). The van der Waals surface area contributed by atoms with Crippen molar-refractivity contribution in [3.63, 3.8) is 0 Å². The highest BCUT2D eigenvalue weighted by Crippen LogP contribution is 2.34. The zero-order valence-corrected chi connectivity index (χ0v) is 19.0. The van der Waals surface area contributed by atoms with Crippen LogP contribution in [0.15, 0.2) is 36.4 Å². The number of phenols is 1. The van der Waals surface area contributed by atoms with Gasteiger partial charge in [-0.1, -0.05) is 43.1 Å². The maximum atomic E-state index is 12.8. The Balaban J connectivity index is 2.20. The molecule has 0 aliphatic heterocycles. The topological polar surface area (TPSA) is 81.7 Å². The molecule has 0 bridgehead atoms. The van der Waals surface area contributed by atoms with Crippen LogP contribution < -0.4 is 10.6 Å². The van der Waals surface area contributed by atoms with Crippen molar-refractivity contribution in [2.24, 2.45) is 5.92 Å². The summed E-state index contributed by atoms with van der Waals surface area (Å²) in [6.45, 7) is 4.93. The first kappa shape index (κ1) is 24.0. The third-order valence-corrected chi connectivity index (χ3v) is 5.32. The number of benzene rings is 2. The average molecular weight is 452 g/mol. The van der Waals surface area contributed by atoms with E-state index in [2.05, 4.69) is 10.6 Å². The van der Waals surface area contributed by atoms with Gasteiger partial charge in [-0.3, -0.25) is 9.59 Å². The molecule has 0 unspecified atom stereocenters. The number of rotatable bonds is 8. The van der Waals surface area contributed by atoms with Gasteiger partial charge in [-0.05, 0) is 55.9 Å². The highest BCUT2D eigenvalue weighted by molar-refractivity contribution is 6.42. The lowest BCUT2D eigenvalue weighted by Crippen LogP contribution is -2.50.